The van der Waals surface area contributed by atoms with Gasteiger partial charge in [-0.15, -0.1) is 0 Å². The third-order valence-corrected chi connectivity index (χ3v) is 3.78. The molecule has 1 amide bonds. The van der Waals surface area contributed by atoms with Gasteiger partial charge in [0.1, 0.15) is 5.41 Å². The minimum Gasteiger partial charge on any atom is -0.465 e. The zero-order valence-corrected chi connectivity index (χ0v) is 12.4. The Hall–Kier alpha value is -1.55. The molecule has 1 aliphatic carbocycles. The van der Waals surface area contributed by atoms with Gasteiger partial charge in [0.25, 0.3) is 0 Å². The molecule has 1 aliphatic rings. The van der Waals surface area contributed by atoms with E-state index in [4.69, 9.17) is 16.3 Å². The van der Waals surface area contributed by atoms with Crippen molar-refractivity contribution in [1.82, 2.24) is 0 Å². The van der Waals surface area contributed by atoms with Crippen LogP contribution in [0.15, 0.2) is 24.3 Å². The first-order valence-corrected chi connectivity index (χ1v) is 7.17. The molecule has 1 aromatic rings. The predicted molar refractivity (Wildman–Crippen MR) is 77.8 cm³/mol. The smallest absolute Gasteiger partial charge is 0.321 e. The zero-order chi connectivity index (χ0) is 14.8. The minimum atomic E-state index is -0.967. The van der Waals surface area contributed by atoms with Crippen LogP contribution in [0.2, 0.25) is 5.02 Å². The van der Waals surface area contributed by atoms with Gasteiger partial charge in [0, 0.05) is 17.3 Å². The van der Waals surface area contributed by atoms with Crippen molar-refractivity contribution in [3.8, 4) is 0 Å². The van der Waals surface area contributed by atoms with E-state index in [2.05, 4.69) is 0 Å². The molecule has 5 heteroatoms. The molecule has 1 saturated carbocycles. The van der Waals surface area contributed by atoms with E-state index in [1.54, 1.807) is 36.1 Å². The van der Waals surface area contributed by atoms with Crippen LogP contribution < -0.4 is 4.90 Å². The fraction of sp³-hybridized carbons (Fsp3) is 0.467. The van der Waals surface area contributed by atoms with E-state index in [-0.39, 0.29) is 5.91 Å². The summed E-state index contributed by atoms with van der Waals surface area (Å²) >= 11 is 5.86. The highest BCUT2D eigenvalue weighted by Gasteiger charge is 2.59. The molecule has 20 heavy (non-hydrogen) atoms. The van der Waals surface area contributed by atoms with Crippen molar-refractivity contribution in [3.05, 3.63) is 29.3 Å². The highest BCUT2D eigenvalue weighted by molar-refractivity contribution is 6.30. The lowest BCUT2D eigenvalue weighted by atomic mass is 10.1. The lowest BCUT2D eigenvalue weighted by Crippen LogP contribution is -2.41. The molecule has 0 unspecified atom stereocenters. The van der Waals surface area contributed by atoms with Crippen LogP contribution in [0.4, 0.5) is 5.69 Å². The fourth-order valence-electron chi connectivity index (χ4n) is 2.22. The summed E-state index contributed by atoms with van der Waals surface area (Å²) in [6.07, 6.45) is 1.13. The Morgan fingerprint density at radius 1 is 1.25 bits per heavy atom. The standard InChI is InChI=1S/C15H18ClNO3/c1-3-17(12-7-5-11(16)6-8-12)13(18)15(9-10-15)14(19)20-4-2/h5-8H,3-4,9-10H2,1-2H3. The van der Waals surface area contributed by atoms with Gasteiger partial charge in [-0.2, -0.15) is 0 Å². The summed E-state index contributed by atoms with van der Waals surface area (Å²) in [6, 6.07) is 7.03. The first-order valence-electron chi connectivity index (χ1n) is 6.80. The largest absolute Gasteiger partial charge is 0.465 e. The Morgan fingerprint density at radius 3 is 2.30 bits per heavy atom. The molecule has 0 N–H and O–H groups in total. The van der Waals surface area contributed by atoms with E-state index in [0.29, 0.717) is 31.0 Å². The molecule has 108 valence electrons. The van der Waals surface area contributed by atoms with E-state index in [0.717, 1.165) is 5.69 Å². The maximum Gasteiger partial charge on any atom is 0.321 e. The molecule has 1 aromatic carbocycles. The van der Waals surface area contributed by atoms with Crippen molar-refractivity contribution in [2.45, 2.75) is 26.7 Å². The number of benzene rings is 1. The van der Waals surface area contributed by atoms with Crippen LogP contribution in [0, 0.1) is 5.41 Å². The van der Waals surface area contributed by atoms with Gasteiger partial charge < -0.3 is 9.64 Å². The number of nitrogens with zero attached hydrogens (tertiary/aromatic N) is 1. The third kappa shape index (κ3) is 2.66. The molecule has 0 atom stereocenters. The van der Waals surface area contributed by atoms with Crippen molar-refractivity contribution in [3.63, 3.8) is 0 Å². The lowest BCUT2D eigenvalue weighted by Gasteiger charge is -2.25. The number of rotatable bonds is 5. The van der Waals surface area contributed by atoms with Crippen LogP contribution in [-0.4, -0.2) is 25.0 Å². The average molecular weight is 296 g/mol. The first-order chi connectivity index (χ1) is 9.55. The summed E-state index contributed by atoms with van der Waals surface area (Å²) in [5, 5.41) is 0.615. The van der Waals surface area contributed by atoms with Crippen molar-refractivity contribution < 1.29 is 14.3 Å². The minimum absolute atomic E-state index is 0.180. The van der Waals surface area contributed by atoms with Crippen molar-refractivity contribution in [1.29, 1.82) is 0 Å². The maximum atomic E-state index is 12.7. The number of amides is 1. The van der Waals surface area contributed by atoms with Crippen molar-refractivity contribution in [2.24, 2.45) is 5.41 Å². The number of halogens is 1. The van der Waals surface area contributed by atoms with E-state index in [1.165, 1.54) is 0 Å². The van der Waals surface area contributed by atoms with Crippen LogP contribution >= 0.6 is 11.6 Å². The Labute approximate surface area is 123 Å². The van der Waals surface area contributed by atoms with Gasteiger partial charge in [-0.3, -0.25) is 9.59 Å². The van der Waals surface area contributed by atoms with Crippen LogP contribution in [0.5, 0.6) is 0 Å². The Morgan fingerprint density at radius 2 is 1.85 bits per heavy atom. The molecule has 0 bridgehead atoms. The topological polar surface area (TPSA) is 46.6 Å². The van der Waals surface area contributed by atoms with Crippen LogP contribution in [0.25, 0.3) is 0 Å². The summed E-state index contributed by atoms with van der Waals surface area (Å²) in [4.78, 5) is 26.2. The summed E-state index contributed by atoms with van der Waals surface area (Å²) in [7, 11) is 0. The van der Waals surface area contributed by atoms with Gasteiger partial charge in [-0.25, -0.2) is 0 Å². The molecule has 0 heterocycles. The molecule has 4 nitrogen and oxygen atoms in total. The quantitative estimate of drug-likeness (QED) is 0.619. The zero-order valence-electron chi connectivity index (χ0n) is 11.7. The number of esters is 1. The third-order valence-electron chi connectivity index (χ3n) is 3.53. The molecular weight excluding hydrogens is 278 g/mol. The number of carbonyl (C=O) groups is 2. The van der Waals surface area contributed by atoms with E-state index >= 15 is 0 Å². The highest BCUT2D eigenvalue weighted by atomic mass is 35.5. The molecule has 0 spiro atoms. The van der Waals surface area contributed by atoms with Crippen molar-refractivity contribution >= 4 is 29.2 Å². The molecule has 2 rings (SSSR count). The predicted octanol–water partition coefficient (Wildman–Crippen LogP) is 3.04. The number of anilines is 1. The Kier molecular flexibility index (Phi) is 4.33. The van der Waals surface area contributed by atoms with Gasteiger partial charge in [-0.1, -0.05) is 11.6 Å². The van der Waals surface area contributed by atoms with Crippen LogP contribution in [-0.2, 0) is 14.3 Å². The summed E-state index contributed by atoms with van der Waals surface area (Å²) in [6.45, 7) is 4.42. The van der Waals surface area contributed by atoms with Gasteiger partial charge in [0.05, 0.1) is 6.61 Å². The number of hydrogen-bond acceptors (Lipinski definition) is 3. The number of ether oxygens (including phenoxy) is 1. The summed E-state index contributed by atoms with van der Waals surface area (Å²) in [5.74, 6) is -0.585. The summed E-state index contributed by atoms with van der Waals surface area (Å²) < 4.78 is 5.03. The van der Waals surface area contributed by atoms with Gasteiger partial charge in [-0.05, 0) is 51.0 Å². The monoisotopic (exact) mass is 295 g/mol. The second-order valence-electron chi connectivity index (χ2n) is 4.83. The van der Waals surface area contributed by atoms with E-state index in [9.17, 15) is 9.59 Å². The van der Waals surface area contributed by atoms with E-state index < -0.39 is 11.4 Å². The van der Waals surface area contributed by atoms with Gasteiger partial charge in [0.15, 0.2) is 0 Å². The lowest BCUT2D eigenvalue weighted by molar-refractivity contribution is -0.153. The van der Waals surface area contributed by atoms with Crippen molar-refractivity contribution in [2.75, 3.05) is 18.1 Å². The van der Waals surface area contributed by atoms with Gasteiger partial charge in [0.2, 0.25) is 5.91 Å². The molecule has 0 aromatic heterocycles. The molecule has 0 aliphatic heterocycles. The second-order valence-corrected chi connectivity index (χ2v) is 5.26. The SMILES string of the molecule is CCOC(=O)C1(C(=O)N(CC)c2ccc(Cl)cc2)CC1. The molecule has 1 fully saturated rings. The fourth-order valence-corrected chi connectivity index (χ4v) is 2.35. The Balaban J connectivity index is 2.22. The maximum absolute atomic E-state index is 12.7. The Bertz CT molecular complexity index is 508. The molecule has 0 radical (unpaired) electrons. The van der Waals surface area contributed by atoms with Crippen LogP contribution in [0.1, 0.15) is 26.7 Å². The number of hydrogen-bond donors (Lipinski definition) is 0. The molecule has 0 saturated heterocycles. The number of carbonyl (C=O) groups excluding carboxylic acids is 2. The first kappa shape index (κ1) is 14.9. The highest BCUT2D eigenvalue weighted by Crippen LogP contribution is 2.49. The van der Waals surface area contributed by atoms with Crippen LogP contribution in [0.3, 0.4) is 0 Å². The van der Waals surface area contributed by atoms with E-state index in [1.807, 2.05) is 6.92 Å². The average Bonchev–Trinajstić information content (AvgIpc) is 3.23. The molecular formula is C15H18ClNO3. The summed E-state index contributed by atoms with van der Waals surface area (Å²) in [5.41, 5.74) is -0.219. The second kappa shape index (κ2) is 5.83. The normalized spacial score (nSPS) is 15.6. The van der Waals surface area contributed by atoms with Gasteiger partial charge >= 0.3 is 5.97 Å².